The molecule has 1 aromatic heterocycles. The lowest BCUT2D eigenvalue weighted by Crippen LogP contribution is -2.34. The Labute approximate surface area is 167 Å². The molecule has 1 atom stereocenters. The van der Waals surface area contributed by atoms with Crippen LogP contribution >= 0.6 is 0 Å². The van der Waals surface area contributed by atoms with E-state index in [2.05, 4.69) is 26.5 Å². The molecule has 4 rings (SSSR count). The van der Waals surface area contributed by atoms with Gasteiger partial charge in [0.2, 0.25) is 0 Å². The van der Waals surface area contributed by atoms with Crippen molar-refractivity contribution < 1.29 is 8.42 Å². The van der Waals surface area contributed by atoms with Crippen LogP contribution in [0.5, 0.6) is 0 Å². The number of aromatic nitrogens is 2. The number of aromatic amines is 2. The summed E-state index contributed by atoms with van der Waals surface area (Å²) in [6, 6.07) is 11.3. The van der Waals surface area contributed by atoms with Crippen LogP contribution in [-0.4, -0.2) is 31.5 Å². The molecule has 0 aliphatic carbocycles. The van der Waals surface area contributed by atoms with Crippen LogP contribution in [0.15, 0.2) is 56.9 Å². The van der Waals surface area contributed by atoms with Crippen LogP contribution in [0.2, 0.25) is 0 Å². The van der Waals surface area contributed by atoms with Crippen LogP contribution in [0.3, 0.4) is 0 Å². The summed E-state index contributed by atoms with van der Waals surface area (Å²) in [7, 11) is -3.89. The van der Waals surface area contributed by atoms with Gasteiger partial charge in [0.1, 0.15) is 0 Å². The molecule has 3 aromatic rings. The highest BCUT2D eigenvalue weighted by atomic mass is 32.2. The number of nitrogens with zero attached hydrogens (tertiary/aromatic N) is 1. The summed E-state index contributed by atoms with van der Waals surface area (Å²) in [6.45, 7) is 4.24. The smallest absolute Gasteiger partial charge is 0.326 e. The van der Waals surface area contributed by atoms with Crippen LogP contribution in [0.25, 0.3) is 10.9 Å². The first kappa shape index (κ1) is 19.3. The zero-order valence-corrected chi connectivity index (χ0v) is 16.8. The van der Waals surface area contributed by atoms with Crippen LogP contribution in [0.1, 0.15) is 19.8 Å². The van der Waals surface area contributed by atoms with Crippen molar-refractivity contribution >= 4 is 32.3 Å². The van der Waals surface area contributed by atoms with E-state index in [0.29, 0.717) is 11.6 Å². The van der Waals surface area contributed by atoms with E-state index < -0.39 is 21.3 Å². The summed E-state index contributed by atoms with van der Waals surface area (Å²) in [5.74, 6) is 0.646. The summed E-state index contributed by atoms with van der Waals surface area (Å²) < 4.78 is 28.0. The summed E-state index contributed by atoms with van der Waals surface area (Å²) in [5, 5.41) is 0.0991. The molecule has 9 heteroatoms. The van der Waals surface area contributed by atoms with E-state index in [0.717, 1.165) is 25.2 Å². The number of benzene rings is 2. The van der Waals surface area contributed by atoms with Gasteiger partial charge < -0.3 is 9.88 Å². The van der Waals surface area contributed by atoms with Crippen molar-refractivity contribution in [2.45, 2.75) is 24.7 Å². The molecule has 2 aromatic carbocycles. The molecular formula is C20H22N4O4S. The molecule has 1 aliphatic heterocycles. The zero-order chi connectivity index (χ0) is 20.6. The van der Waals surface area contributed by atoms with Crippen LogP contribution in [0, 0.1) is 5.92 Å². The molecule has 29 heavy (non-hydrogen) atoms. The van der Waals surface area contributed by atoms with E-state index in [9.17, 15) is 18.0 Å². The van der Waals surface area contributed by atoms with Crippen LogP contribution in [0.4, 0.5) is 11.4 Å². The van der Waals surface area contributed by atoms with E-state index in [1.807, 2.05) is 12.1 Å². The molecule has 1 saturated heterocycles. The Kier molecular flexibility index (Phi) is 4.91. The summed E-state index contributed by atoms with van der Waals surface area (Å²) in [6.07, 6.45) is 2.39. The quantitative estimate of drug-likeness (QED) is 0.606. The molecule has 0 radical (unpaired) electrons. The fourth-order valence-corrected chi connectivity index (χ4v) is 4.77. The predicted molar refractivity (Wildman–Crippen MR) is 113 cm³/mol. The predicted octanol–water partition coefficient (Wildman–Crippen LogP) is 2.25. The first-order chi connectivity index (χ1) is 13.8. The second-order valence-corrected chi connectivity index (χ2v) is 9.14. The topological polar surface area (TPSA) is 115 Å². The summed E-state index contributed by atoms with van der Waals surface area (Å²) in [5.41, 5.74) is 0.508. The molecule has 0 bridgehead atoms. The lowest BCUT2D eigenvalue weighted by molar-refractivity contribution is 0.447. The lowest BCUT2D eigenvalue weighted by Gasteiger charge is -2.32. The van der Waals surface area contributed by atoms with Gasteiger partial charge in [0.15, 0.2) is 0 Å². The fraction of sp³-hybridized carbons (Fsp3) is 0.300. The van der Waals surface area contributed by atoms with Crippen LogP contribution < -0.4 is 20.9 Å². The maximum Gasteiger partial charge on any atom is 0.326 e. The summed E-state index contributed by atoms with van der Waals surface area (Å²) >= 11 is 0. The number of fused-ring (bicyclic) bond motifs is 1. The van der Waals surface area contributed by atoms with E-state index in [-0.39, 0.29) is 15.8 Å². The van der Waals surface area contributed by atoms with E-state index in [1.165, 1.54) is 24.6 Å². The van der Waals surface area contributed by atoms with Crippen molar-refractivity contribution in [2.24, 2.45) is 5.92 Å². The molecule has 0 unspecified atom stereocenters. The monoisotopic (exact) mass is 414 g/mol. The molecule has 152 valence electrons. The Bertz CT molecular complexity index is 1260. The van der Waals surface area contributed by atoms with Crippen molar-refractivity contribution in [1.29, 1.82) is 0 Å². The number of piperidine rings is 1. The molecule has 0 saturated carbocycles. The third kappa shape index (κ3) is 4.04. The zero-order valence-electron chi connectivity index (χ0n) is 15.9. The minimum absolute atomic E-state index is 0.0588. The third-order valence-corrected chi connectivity index (χ3v) is 6.54. The number of hydrogen-bond acceptors (Lipinski definition) is 5. The minimum atomic E-state index is -3.89. The Morgan fingerprint density at radius 2 is 1.83 bits per heavy atom. The van der Waals surface area contributed by atoms with Crippen molar-refractivity contribution in [2.75, 3.05) is 22.7 Å². The van der Waals surface area contributed by atoms with Crippen molar-refractivity contribution in [1.82, 2.24) is 9.97 Å². The number of nitrogens with one attached hydrogen (secondary N) is 3. The van der Waals surface area contributed by atoms with E-state index >= 15 is 0 Å². The maximum absolute atomic E-state index is 12.7. The average Bonchev–Trinajstić information content (AvgIpc) is 2.68. The highest BCUT2D eigenvalue weighted by Gasteiger charge is 2.18. The van der Waals surface area contributed by atoms with Gasteiger partial charge in [0.25, 0.3) is 15.6 Å². The molecule has 2 heterocycles. The third-order valence-electron chi connectivity index (χ3n) is 5.16. The maximum atomic E-state index is 12.7. The minimum Gasteiger partial charge on any atom is -0.371 e. The lowest BCUT2D eigenvalue weighted by atomic mass is 10.00. The Morgan fingerprint density at radius 1 is 1.07 bits per heavy atom. The standard InChI is InChI=1S/C20H22N4O4S/c1-13-3-2-10-24(12-13)15-6-4-14(5-7-15)23-29(27,28)16-8-9-18-17(11-16)19(25)22-20(26)21-18/h4-9,11,13,23H,2-3,10,12H2,1H3,(H2,21,22,25,26)/t13-/m1/s1. The van der Waals surface area contributed by atoms with Gasteiger partial charge in [-0.1, -0.05) is 6.92 Å². The molecule has 8 nitrogen and oxygen atoms in total. The average molecular weight is 414 g/mol. The molecule has 1 fully saturated rings. The second kappa shape index (κ2) is 7.40. The van der Waals surface area contributed by atoms with Gasteiger partial charge in [-0.25, -0.2) is 13.2 Å². The number of sulfonamides is 1. The van der Waals surface area contributed by atoms with Gasteiger partial charge in [-0.2, -0.15) is 0 Å². The highest BCUT2D eigenvalue weighted by Crippen LogP contribution is 2.25. The Hall–Kier alpha value is -3.07. The van der Waals surface area contributed by atoms with Crippen molar-refractivity contribution in [3.05, 3.63) is 63.3 Å². The van der Waals surface area contributed by atoms with Crippen molar-refractivity contribution in [3.63, 3.8) is 0 Å². The van der Waals surface area contributed by atoms with Gasteiger partial charge in [-0.3, -0.25) is 14.5 Å². The van der Waals surface area contributed by atoms with E-state index in [4.69, 9.17) is 0 Å². The molecule has 0 amide bonds. The summed E-state index contributed by atoms with van der Waals surface area (Å²) in [4.78, 5) is 30.1. The molecule has 1 aliphatic rings. The van der Waals surface area contributed by atoms with Crippen LogP contribution in [-0.2, 0) is 10.0 Å². The number of anilines is 2. The number of rotatable bonds is 4. The van der Waals surface area contributed by atoms with E-state index in [1.54, 1.807) is 12.1 Å². The SMILES string of the molecule is C[C@@H]1CCCN(c2ccc(NS(=O)(=O)c3ccc4[nH]c(=O)[nH]c(=O)c4c3)cc2)C1. The number of H-pyrrole nitrogens is 2. The number of hydrogen-bond donors (Lipinski definition) is 3. The highest BCUT2D eigenvalue weighted by molar-refractivity contribution is 7.92. The molecular weight excluding hydrogens is 392 g/mol. The molecule has 0 spiro atoms. The van der Waals surface area contributed by atoms with Gasteiger partial charge >= 0.3 is 5.69 Å². The second-order valence-electron chi connectivity index (χ2n) is 7.46. The Balaban J connectivity index is 1.58. The largest absolute Gasteiger partial charge is 0.371 e. The molecule has 3 N–H and O–H groups in total. The first-order valence-corrected chi connectivity index (χ1v) is 10.9. The fourth-order valence-electron chi connectivity index (χ4n) is 3.69. The van der Waals surface area contributed by atoms with Crippen molar-refractivity contribution in [3.8, 4) is 0 Å². The van der Waals surface area contributed by atoms with Gasteiger partial charge in [-0.15, -0.1) is 0 Å². The normalized spacial score (nSPS) is 17.4. The Morgan fingerprint density at radius 3 is 2.55 bits per heavy atom. The first-order valence-electron chi connectivity index (χ1n) is 9.46. The van der Waals surface area contributed by atoms with Gasteiger partial charge in [0, 0.05) is 24.5 Å². The van der Waals surface area contributed by atoms with Gasteiger partial charge in [-0.05, 0) is 61.2 Å². The van der Waals surface area contributed by atoms with Gasteiger partial charge in [0.05, 0.1) is 15.8 Å².